The van der Waals surface area contributed by atoms with Crippen molar-refractivity contribution in [2.75, 3.05) is 6.54 Å². The third-order valence-electron chi connectivity index (χ3n) is 3.38. The first-order valence-electron chi connectivity index (χ1n) is 8.15. The second kappa shape index (κ2) is 7.84. The molecule has 1 aromatic heterocycles. The molecule has 0 spiro atoms. The van der Waals surface area contributed by atoms with Gasteiger partial charge in [0.2, 0.25) is 0 Å². The van der Waals surface area contributed by atoms with Crippen molar-refractivity contribution in [1.29, 1.82) is 0 Å². The Kier molecular flexibility index (Phi) is 6.08. The third kappa shape index (κ3) is 5.56. The smallest absolute Gasteiger partial charge is 0.0761 e. The van der Waals surface area contributed by atoms with Gasteiger partial charge >= 0.3 is 0 Å². The first-order valence-corrected chi connectivity index (χ1v) is 8.96. The Hall–Kier alpha value is -1.52. The summed E-state index contributed by atoms with van der Waals surface area (Å²) in [7, 11) is 0. The molecule has 0 saturated carbocycles. The van der Waals surface area contributed by atoms with Crippen LogP contribution in [0.5, 0.6) is 0 Å². The molecular formula is C19H27N3S. The highest BCUT2D eigenvalue weighted by Crippen LogP contribution is 2.30. The highest BCUT2D eigenvalue weighted by molar-refractivity contribution is 7.99. The zero-order chi connectivity index (χ0) is 16.9. The Morgan fingerprint density at radius 1 is 1.22 bits per heavy atom. The number of nitrogens with two attached hydrogens (primary N) is 1. The Labute approximate surface area is 144 Å². The molecule has 124 valence electrons. The predicted octanol–water partition coefficient (Wildman–Crippen LogP) is 4.61. The lowest BCUT2D eigenvalue weighted by molar-refractivity contribution is 0.547. The highest BCUT2D eigenvalue weighted by Gasteiger charge is 2.09. The summed E-state index contributed by atoms with van der Waals surface area (Å²) in [4.78, 5) is 2.46. The molecule has 0 amide bonds. The van der Waals surface area contributed by atoms with Gasteiger partial charge in [0.15, 0.2) is 0 Å². The van der Waals surface area contributed by atoms with Crippen LogP contribution in [0.15, 0.2) is 46.3 Å². The van der Waals surface area contributed by atoms with Gasteiger partial charge in [0.1, 0.15) is 0 Å². The fraction of sp³-hybridized carbons (Fsp3) is 0.421. The monoisotopic (exact) mass is 329 g/mol. The van der Waals surface area contributed by atoms with Crippen LogP contribution in [0.3, 0.4) is 0 Å². The van der Waals surface area contributed by atoms with Crippen LogP contribution < -0.4 is 5.73 Å². The molecule has 2 aromatic rings. The van der Waals surface area contributed by atoms with Crippen LogP contribution in [0.4, 0.5) is 0 Å². The van der Waals surface area contributed by atoms with E-state index in [-0.39, 0.29) is 5.41 Å². The minimum Gasteiger partial charge on any atom is -0.329 e. The molecule has 0 aliphatic carbocycles. The molecule has 3 nitrogen and oxygen atoms in total. The van der Waals surface area contributed by atoms with E-state index in [1.807, 2.05) is 4.68 Å². The Morgan fingerprint density at radius 3 is 2.48 bits per heavy atom. The summed E-state index contributed by atoms with van der Waals surface area (Å²) in [5.74, 6) is 0. The fourth-order valence-corrected chi connectivity index (χ4v) is 3.14. The van der Waals surface area contributed by atoms with Gasteiger partial charge in [-0.15, -0.1) is 0 Å². The Balaban J connectivity index is 2.10. The van der Waals surface area contributed by atoms with Crippen molar-refractivity contribution < 1.29 is 0 Å². The molecule has 0 fully saturated rings. The van der Waals surface area contributed by atoms with Gasteiger partial charge in [-0.3, -0.25) is 4.68 Å². The summed E-state index contributed by atoms with van der Waals surface area (Å²) in [6.07, 6.45) is 7.46. The van der Waals surface area contributed by atoms with Crippen LogP contribution in [0.25, 0.3) is 6.08 Å². The minimum absolute atomic E-state index is 0.209. The zero-order valence-corrected chi connectivity index (χ0v) is 15.4. The second-order valence-corrected chi connectivity index (χ2v) is 7.83. The molecular weight excluding hydrogens is 302 g/mol. The van der Waals surface area contributed by atoms with Crippen LogP contribution in [0, 0.1) is 5.41 Å². The maximum Gasteiger partial charge on any atom is 0.0761 e. The first kappa shape index (κ1) is 17.8. The zero-order valence-electron chi connectivity index (χ0n) is 14.5. The predicted molar refractivity (Wildman–Crippen MR) is 99.7 cm³/mol. The van der Waals surface area contributed by atoms with E-state index in [2.05, 4.69) is 75.4 Å². The molecule has 2 rings (SSSR count). The molecule has 0 saturated heterocycles. The van der Waals surface area contributed by atoms with Crippen molar-refractivity contribution in [3.05, 3.63) is 47.8 Å². The normalized spacial score (nSPS) is 12.2. The van der Waals surface area contributed by atoms with E-state index < -0.39 is 0 Å². The maximum absolute atomic E-state index is 5.62. The lowest BCUT2D eigenvalue weighted by atomic mass is 9.95. The lowest BCUT2D eigenvalue weighted by Gasteiger charge is -2.11. The van der Waals surface area contributed by atoms with Gasteiger partial charge in [-0.2, -0.15) is 5.10 Å². The van der Waals surface area contributed by atoms with Crippen LogP contribution in [-0.4, -0.2) is 16.3 Å². The van der Waals surface area contributed by atoms with Crippen molar-refractivity contribution in [3.63, 3.8) is 0 Å². The largest absolute Gasteiger partial charge is 0.329 e. The lowest BCUT2D eigenvalue weighted by Crippen LogP contribution is -2.10. The average Bonchev–Trinajstić information content (AvgIpc) is 2.88. The van der Waals surface area contributed by atoms with Crippen molar-refractivity contribution in [2.24, 2.45) is 11.1 Å². The van der Waals surface area contributed by atoms with Crippen molar-refractivity contribution in [1.82, 2.24) is 9.78 Å². The molecule has 0 atom stereocenters. The van der Waals surface area contributed by atoms with E-state index in [9.17, 15) is 0 Å². The number of nitrogens with zero attached hydrogens (tertiary/aromatic N) is 2. The van der Waals surface area contributed by atoms with Gasteiger partial charge in [0.25, 0.3) is 0 Å². The van der Waals surface area contributed by atoms with E-state index in [0.29, 0.717) is 6.54 Å². The summed E-state index contributed by atoms with van der Waals surface area (Å²) in [5, 5.41) is 4.59. The number of allylic oxidation sites excluding steroid dienone is 1. The highest BCUT2D eigenvalue weighted by atomic mass is 32.2. The number of hydrogen-bond donors (Lipinski definition) is 1. The topological polar surface area (TPSA) is 43.8 Å². The molecule has 1 aromatic carbocycles. The Morgan fingerprint density at radius 2 is 1.91 bits per heavy atom. The molecule has 0 bridgehead atoms. The van der Waals surface area contributed by atoms with Gasteiger partial charge in [-0.05, 0) is 29.5 Å². The number of hydrogen-bond acceptors (Lipinski definition) is 3. The first-order chi connectivity index (χ1) is 10.9. The number of aryl methyl sites for hydroxylation is 1. The summed E-state index contributed by atoms with van der Waals surface area (Å²) in [6, 6.07) is 8.68. The van der Waals surface area contributed by atoms with E-state index >= 15 is 0 Å². The number of rotatable bonds is 6. The summed E-state index contributed by atoms with van der Waals surface area (Å²) in [6.45, 7) is 10.1. The van der Waals surface area contributed by atoms with Gasteiger partial charge in [0, 0.05) is 17.6 Å². The molecule has 4 heteroatoms. The van der Waals surface area contributed by atoms with Gasteiger partial charge in [0.05, 0.1) is 17.1 Å². The average molecular weight is 330 g/mol. The quantitative estimate of drug-likeness (QED) is 0.841. The van der Waals surface area contributed by atoms with Crippen molar-refractivity contribution in [3.8, 4) is 0 Å². The van der Waals surface area contributed by atoms with Crippen LogP contribution in [0.2, 0.25) is 0 Å². The summed E-state index contributed by atoms with van der Waals surface area (Å²) < 4.78 is 1.95. The summed E-state index contributed by atoms with van der Waals surface area (Å²) >= 11 is 1.77. The van der Waals surface area contributed by atoms with Gasteiger partial charge in [-0.1, -0.05) is 63.7 Å². The van der Waals surface area contributed by atoms with Gasteiger partial charge < -0.3 is 5.73 Å². The van der Waals surface area contributed by atoms with E-state index in [1.54, 1.807) is 11.8 Å². The molecule has 0 unspecified atom stereocenters. The Bertz CT molecular complexity index is 648. The SMILES string of the molecule is CCc1nn(CCN)cc1Sc1ccc(/C=C/C(C)(C)C)cc1. The van der Waals surface area contributed by atoms with Gasteiger partial charge in [-0.25, -0.2) is 0 Å². The molecule has 0 aliphatic heterocycles. The maximum atomic E-state index is 5.62. The van der Waals surface area contributed by atoms with Crippen LogP contribution in [0.1, 0.15) is 39.0 Å². The van der Waals surface area contributed by atoms with E-state index in [1.165, 1.54) is 15.4 Å². The number of aromatic nitrogens is 2. The molecule has 0 aliphatic rings. The third-order valence-corrected chi connectivity index (χ3v) is 4.45. The van der Waals surface area contributed by atoms with E-state index in [0.717, 1.165) is 18.7 Å². The standard InChI is InChI=1S/C19H27N3S/c1-5-17-18(14-22(21-17)13-12-20)23-16-8-6-15(7-9-16)10-11-19(2,3)4/h6-11,14H,5,12-13,20H2,1-4H3/b11-10+. The molecule has 2 N–H and O–H groups in total. The van der Waals surface area contributed by atoms with Crippen LogP contribution in [-0.2, 0) is 13.0 Å². The van der Waals surface area contributed by atoms with Crippen molar-refractivity contribution >= 4 is 17.8 Å². The van der Waals surface area contributed by atoms with Crippen LogP contribution >= 0.6 is 11.8 Å². The molecule has 23 heavy (non-hydrogen) atoms. The molecule has 1 heterocycles. The number of benzene rings is 1. The fourth-order valence-electron chi connectivity index (χ4n) is 2.14. The van der Waals surface area contributed by atoms with Crippen molar-refractivity contribution in [2.45, 2.75) is 50.5 Å². The summed E-state index contributed by atoms with van der Waals surface area (Å²) in [5.41, 5.74) is 8.20. The second-order valence-electron chi connectivity index (χ2n) is 6.72. The minimum atomic E-state index is 0.209. The molecule has 0 radical (unpaired) electrons. The van der Waals surface area contributed by atoms with E-state index in [4.69, 9.17) is 5.73 Å².